The number of carbonyl (C=O) groups is 1. The Bertz CT molecular complexity index is 623. The van der Waals surface area contributed by atoms with Gasteiger partial charge in [0.2, 0.25) is 0 Å². The molecule has 2 rings (SSSR count). The summed E-state index contributed by atoms with van der Waals surface area (Å²) in [6.07, 6.45) is 2.99. The molecule has 1 aromatic carbocycles. The van der Waals surface area contributed by atoms with E-state index in [1.165, 1.54) is 0 Å². The summed E-state index contributed by atoms with van der Waals surface area (Å²) in [4.78, 5) is 11.7. The van der Waals surface area contributed by atoms with Crippen LogP contribution in [0.3, 0.4) is 0 Å². The van der Waals surface area contributed by atoms with E-state index in [0.717, 1.165) is 30.6 Å². The zero-order chi connectivity index (χ0) is 17.0. The largest absolute Gasteiger partial charge is 1.00 e. The first-order chi connectivity index (χ1) is 10.0. The Hall–Kier alpha value is -0.0200. The summed E-state index contributed by atoms with van der Waals surface area (Å²) in [5.41, 5.74) is 1.16. The molecule has 1 aliphatic carbocycles. The van der Waals surface area contributed by atoms with Crippen LogP contribution in [-0.4, -0.2) is 19.3 Å². The van der Waals surface area contributed by atoms with Crippen LogP contribution in [0.2, 0.25) is 0 Å². The quantitative estimate of drug-likeness (QED) is 0.456. The minimum Gasteiger partial charge on any atom is -1.00 e. The third kappa shape index (κ3) is 9.14. The number of benzene rings is 1. The zero-order valence-electron chi connectivity index (χ0n) is 14.9. The summed E-state index contributed by atoms with van der Waals surface area (Å²) >= 11 is 3.47. The van der Waals surface area contributed by atoms with Crippen LogP contribution in [0.4, 0.5) is 0 Å². The minimum atomic E-state index is -3.83. The van der Waals surface area contributed by atoms with Crippen LogP contribution in [0.15, 0.2) is 24.3 Å². The molecule has 0 unspecified atom stereocenters. The van der Waals surface area contributed by atoms with E-state index < -0.39 is 9.05 Å². The van der Waals surface area contributed by atoms with Gasteiger partial charge in [-0.15, -0.1) is 0 Å². The molecular weight excluding hydrogens is 347 g/mol. The molecule has 0 aliphatic heterocycles. The Morgan fingerprint density at radius 1 is 1.39 bits per heavy atom. The van der Waals surface area contributed by atoms with Crippen LogP contribution in [0.25, 0.3) is 0 Å². The van der Waals surface area contributed by atoms with Gasteiger partial charge in [0.15, 0.2) is 0 Å². The fourth-order valence-corrected chi connectivity index (χ4v) is 1.82. The average Bonchev–Trinajstić information content (AvgIpc) is 3.21. The maximum absolute atomic E-state index is 11.7. The molecule has 0 amide bonds. The summed E-state index contributed by atoms with van der Waals surface area (Å²) < 4.78 is 29.5. The van der Waals surface area contributed by atoms with E-state index in [9.17, 15) is 4.79 Å². The maximum Gasteiger partial charge on any atom is 1.00 e. The van der Waals surface area contributed by atoms with Gasteiger partial charge in [-0.3, -0.25) is 13.9 Å². The number of rotatable bonds is 4. The van der Waals surface area contributed by atoms with Crippen molar-refractivity contribution in [2.45, 2.75) is 45.4 Å². The molecule has 8 heteroatoms. The van der Waals surface area contributed by atoms with E-state index in [0.29, 0.717) is 0 Å². The first kappa shape index (κ1) is 23.0. The number of esters is 1. The summed E-state index contributed by atoms with van der Waals surface area (Å²) in [6, 6.07) is 7.87. The van der Waals surface area contributed by atoms with Crippen LogP contribution in [-0.2, 0) is 30.5 Å². The molecular formula is C15H23NaO5S2. The molecule has 126 valence electrons. The van der Waals surface area contributed by atoms with Crippen LogP contribution < -0.4 is 34.3 Å². The van der Waals surface area contributed by atoms with Crippen molar-refractivity contribution >= 4 is 26.2 Å². The molecule has 5 nitrogen and oxygen atoms in total. The standard InChI is InChI=1S/C15H20O2.Na.H2O3S2.H/c1-4-15(2,3)12-7-5-6-8-13(12)17-14(16)11-9-10-11;;1-5(2,3)4;/h5-8,11H,4,9-10H2,1-3H3;;(H2,1,2,3,4);/q;+1;;-1. The molecule has 2 N–H and O–H groups in total. The second-order valence-electron chi connectivity index (χ2n) is 5.88. The topological polar surface area (TPSA) is 83.8 Å². The SMILES string of the molecule is CCC(C)(C)c1ccccc1OC(=O)C1CC1.O=S(O)(O)=S.[H-].[Na+]. The number of ether oxygens (including phenoxy) is 1. The molecule has 1 saturated carbocycles. The van der Waals surface area contributed by atoms with Crippen LogP contribution >= 0.6 is 0 Å². The monoisotopic (exact) mass is 370 g/mol. The predicted octanol–water partition coefficient (Wildman–Crippen LogP) is 0.485. The van der Waals surface area contributed by atoms with Crippen molar-refractivity contribution in [3.8, 4) is 5.75 Å². The van der Waals surface area contributed by atoms with Crippen molar-refractivity contribution in [2.75, 3.05) is 0 Å². The molecule has 1 fully saturated rings. The molecule has 0 atom stereocenters. The molecule has 0 heterocycles. The molecule has 23 heavy (non-hydrogen) atoms. The van der Waals surface area contributed by atoms with Gasteiger partial charge in [0.25, 0.3) is 9.05 Å². The van der Waals surface area contributed by atoms with E-state index in [4.69, 9.17) is 18.1 Å². The minimum absolute atomic E-state index is 0. The van der Waals surface area contributed by atoms with Gasteiger partial charge in [0.05, 0.1) is 5.92 Å². The molecule has 0 spiro atoms. The van der Waals surface area contributed by atoms with E-state index >= 15 is 0 Å². The fourth-order valence-electron chi connectivity index (χ4n) is 1.82. The summed E-state index contributed by atoms with van der Waals surface area (Å²) in [7, 11) is -3.83. The number of hydrogen-bond donors (Lipinski definition) is 2. The number of hydrogen-bond acceptors (Lipinski definition) is 4. The van der Waals surface area contributed by atoms with Gasteiger partial charge in [-0.25, -0.2) is 0 Å². The average molecular weight is 370 g/mol. The zero-order valence-corrected chi connectivity index (χ0v) is 17.6. The summed E-state index contributed by atoms with van der Waals surface area (Å²) in [5, 5.41) is 0. The molecule has 1 aromatic rings. The molecule has 0 aromatic heterocycles. The van der Waals surface area contributed by atoms with E-state index in [1.807, 2.05) is 18.2 Å². The van der Waals surface area contributed by atoms with Crippen molar-refractivity contribution in [3.05, 3.63) is 29.8 Å². The first-order valence-electron chi connectivity index (χ1n) is 7.05. The van der Waals surface area contributed by atoms with Crippen molar-refractivity contribution < 1.29 is 53.8 Å². The molecule has 1 aliphatic rings. The van der Waals surface area contributed by atoms with Crippen molar-refractivity contribution in [3.63, 3.8) is 0 Å². The summed E-state index contributed by atoms with van der Waals surface area (Å²) in [5.74, 6) is 0.813. The van der Waals surface area contributed by atoms with Crippen molar-refractivity contribution in [1.82, 2.24) is 0 Å². The van der Waals surface area contributed by atoms with Gasteiger partial charge in [-0.1, -0.05) is 39.0 Å². The van der Waals surface area contributed by atoms with Crippen molar-refractivity contribution in [2.24, 2.45) is 5.92 Å². The van der Waals surface area contributed by atoms with Gasteiger partial charge >= 0.3 is 35.5 Å². The van der Waals surface area contributed by atoms with Gasteiger partial charge < -0.3 is 6.16 Å². The Kier molecular flexibility index (Phi) is 9.45. The van der Waals surface area contributed by atoms with Crippen LogP contribution in [0, 0.1) is 5.92 Å². The molecule has 0 radical (unpaired) electrons. The Morgan fingerprint density at radius 3 is 2.30 bits per heavy atom. The van der Waals surface area contributed by atoms with Gasteiger partial charge in [-0.2, -0.15) is 4.21 Å². The van der Waals surface area contributed by atoms with Gasteiger partial charge in [-0.05, 0) is 30.7 Å². The smallest absolute Gasteiger partial charge is 1.00 e. The van der Waals surface area contributed by atoms with Crippen LogP contribution in [0.5, 0.6) is 5.75 Å². The second kappa shape index (κ2) is 9.46. The van der Waals surface area contributed by atoms with E-state index in [1.54, 1.807) is 0 Å². The third-order valence-electron chi connectivity index (χ3n) is 3.62. The maximum atomic E-state index is 11.7. The number of carbonyl (C=O) groups excluding carboxylic acids is 1. The van der Waals surface area contributed by atoms with E-state index in [-0.39, 0.29) is 48.3 Å². The number of para-hydroxylation sites is 1. The Morgan fingerprint density at radius 2 is 1.87 bits per heavy atom. The fraction of sp³-hybridized carbons (Fsp3) is 0.533. The third-order valence-corrected chi connectivity index (χ3v) is 3.62. The summed E-state index contributed by atoms with van der Waals surface area (Å²) in [6.45, 7) is 6.51. The van der Waals surface area contributed by atoms with E-state index in [2.05, 4.69) is 38.0 Å². The predicted molar refractivity (Wildman–Crippen MR) is 90.0 cm³/mol. The Balaban J connectivity index is 0. The van der Waals surface area contributed by atoms with Crippen molar-refractivity contribution in [1.29, 1.82) is 0 Å². The van der Waals surface area contributed by atoms with Crippen LogP contribution in [0.1, 0.15) is 47.0 Å². The van der Waals surface area contributed by atoms with Gasteiger partial charge in [0, 0.05) is 16.8 Å². The first-order valence-corrected chi connectivity index (χ1v) is 9.45. The second-order valence-corrected chi connectivity index (χ2v) is 8.08. The van der Waals surface area contributed by atoms with Gasteiger partial charge in [0.1, 0.15) is 5.75 Å². The normalized spacial score (nSPS) is 14.1. The molecule has 0 saturated heterocycles. The molecule has 0 bridgehead atoms. The Labute approximate surface area is 166 Å².